The number of nitrogens with two attached hydrogens (primary N) is 1. The number of fused-ring (bicyclic) bond motifs is 2. The van der Waals surface area contributed by atoms with Crippen molar-refractivity contribution >= 4 is 76.2 Å². The number of carboxylic acids is 1. The quantitative estimate of drug-likeness (QED) is 0.0770. The fraction of sp³-hybridized carbons (Fsp3) is 0. The number of azo groups is 2. The molecule has 5 rings (SSSR count). The Labute approximate surface area is 243 Å². The highest BCUT2D eigenvalue weighted by Gasteiger charge is 2.22. The molecule has 5 aromatic rings. The van der Waals surface area contributed by atoms with E-state index in [-0.39, 0.29) is 49.9 Å². The number of benzene rings is 5. The lowest BCUT2D eigenvalue weighted by Crippen LogP contribution is -1.99. The first-order chi connectivity index (χ1) is 20.2. The fourth-order valence-electron chi connectivity index (χ4n) is 4.20. The molecule has 0 bridgehead atoms. The van der Waals surface area contributed by atoms with Crippen LogP contribution in [0.2, 0.25) is 0 Å². The molecule has 0 saturated heterocycles. The van der Waals surface area contributed by atoms with Crippen molar-refractivity contribution in [3.05, 3.63) is 84.4 Å². The smallest absolute Gasteiger partial charge is 0.335 e. The minimum Gasteiger partial charge on any atom is -0.505 e. The van der Waals surface area contributed by atoms with Gasteiger partial charge in [0.15, 0.2) is 5.75 Å². The van der Waals surface area contributed by atoms with Gasteiger partial charge in [-0.3, -0.25) is 9.11 Å². The summed E-state index contributed by atoms with van der Waals surface area (Å²) in [6.45, 7) is 0. The van der Waals surface area contributed by atoms with Gasteiger partial charge in [-0.2, -0.15) is 21.9 Å². The second-order valence-corrected chi connectivity index (χ2v) is 11.9. The van der Waals surface area contributed by atoms with E-state index < -0.39 is 47.4 Å². The highest BCUT2D eigenvalue weighted by atomic mass is 32.2. The lowest BCUT2D eigenvalue weighted by Gasteiger charge is -2.10. The van der Waals surface area contributed by atoms with Gasteiger partial charge in [-0.05, 0) is 66.0 Å². The highest BCUT2D eigenvalue weighted by Crippen LogP contribution is 2.43. The van der Waals surface area contributed by atoms with Crippen LogP contribution >= 0.6 is 0 Å². The van der Waals surface area contributed by atoms with Crippen LogP contribution in [-0.4, -0.2) is 42.1 Å². The van der Waals surface area contributed by atoms with Crippen LogP contribution in [0, 0.1) is 0 Å². The number of aromatic carboxylic acids is 1. The molecule has 0 atom stereocenters. The topological polar surface area (TPSA) is 242 Å². The number of carboxylic acid groups (broad SMARTS) is 1. The Kier molecular flexibility index (Phi) is 7.37. The molecule has 5 aromatic carbocycles. The van der Waals surface area contributed by atoms with Gasteiger partial charge in [0.2, 0.25) is 0 Å². The van der Waals surface area contributed by atoms with Gasteiger partial charge >= 0.3 is 5.97 Å². The Hall–Kier alpha value is -5.29. The molecule has 0 saturated carbocycles. The first kappa shape index (κ1) is 29.2. The van der Waals surface area contributed by atoms with Crippen LogP contribution in [0.4, 0.5) is 28.4 Å². The number of carbonyl (C=O) groups is 1. The predicted molar refractivity (Wildman–Crippen MR) is 155 cm³/mol. The summed E-state index contributed by atoms with van der Waals surface area (Å²) in [5.74, 6) is -1.80. The summed E-state index contributed by atoms with van der Waals surface area (Å²) in [4.78, 5) is 10.0. The average Bonchev–Trinajstić information content (AvgIpc) is 2.95. The molecular formula is C27H19N5O9S2. The SMILES string of the molecule is Nc1ccc2cc(S(=O)(=O)O)c(/N=N/c3ccc(/N=N/c4cccc(C(=O)O)c4)c4ccc(S(=O)(=O)O)cc34)c(O)c2c1. The second kappa shape index (κ2) is 10.8. The minimum atomic E-state index is -4.90. The number of anilines is 1. The third-order valence-electron chi connectivity index (χ3n) is 6.22. The largest absolute Gasteiger partial charge is 0.505 e. The van der Waals surface area contributed by atoms with Crippen molar-refractivity contribution < 1.29 is 40.9 Å². The number of hydrogen-bond donors (Lipinski definition) is 5. The van der Waals surface area contributed by atoms with Crippen LogP contribution in [0.25, 0.3) is 21.5 Å². The van der Waals surface area contributed by atoms with Gasteiger partial charge in [-0.15, -0.1) is 15.3 Å². The Morgan fingerprint density at radius 2 is 1.40 bits per heavy atom. The molecule has 0 fully saturated rings. The molecule has 218 valence electrons. The van der Waals surface area contributed by atoms with E-state index in [1.165, 1.54) is 60.7 Å². The first-order valence-corrected chi connectivity index (χ1v) is 14.8. The summed E-state index contributed by atoms with van der Waals surface area (Å²) in [6, 6.07) is 17.3. The number of hydrogen-bond acceptors (Lipinski definition) is 11. The molecule has 6 N–H and O–H groups in total. The normalized spacial score (nSPS) is 12.5. The van der Waals surface area contributed by atoms with Crippen LogP contribution in [0.1, 0.15) is 10.4 Å². The van der Waals surface area contributed by atoms with Crippen molar-refractivity contribution in [2.75, 3.05) is 5.73 Å². The van der Waals surface area contributed by atoms with Crippen molar-refractivity contribution in [3.8, 4) is 5.75 Å². The Morgan fingerprint density at radius 3 is 2.07 bits per heavy atom. The first-order valence-electron chi connectivity index (χ1n) is 12.0. The minimum absolute atomic E-state index is 0.0150. The van der Waals surface area contributed by atoms with Crippen LogP contribution in [0.5, 0.6) is 5.75 Å². The van der Waals surface area contributed by atoms with Crippen LogP contribution in [-0.2, 0) is 20.2 Å². The number of nitrogens with zero attached hydrogens (tertiary/aromatic N) is 4. The molecule has 0 radical (unpaired) electrons. The average molecular weight is 622 g/mol. The molecule has 0 aliphatic carbocycles. The van der Waals surface area contributed by atoms with Crippen LogP contribution in [0.3, 0.4) is 0 Å². The standard InChI is InChI=1S/C27H19N5O9S2/c28-16-5-4-14-11-24(43(39,40)41)25(26(33)20(14)12-16)32-31-23-9-8-22(19-7-6-18(13-21(19)23)42(36,37)38)30-29-17-3-1-2-15(10-17)27(34)35/h1-13,33H,28H2,(H,34,35)(H,36,37,38)(H,39,40,41)/b30-29+,32-31+. The molecule has 0 aliphatic rings. The van der Waals surface area contributed by atoms with Crippen molar-refractivity contribution in [3.63, 3.8) is 0 Å². The molecule has 16 heteroatoms. The molecule has 43 heavy (non-hydrogen) atoms. The van der Waals surface area contributed by atoms with Crippen molar-refractivity contribution in [2.45, 2.75) is 9.79 Å². The number of phenolic OH excluding ortho intramolecular Hbond substituents is 1. The zero-order chi connectivity index (χ0) is 31.1. The van der Waals surface area contributed by atoms with E-state index in [0.29, 0.717) is 0 Å². The van der Waals surface area contributed by atoms with E-state index in [4.69, 9.17) is 5.73 Å². The van der Waals surface area contributed by atoms with Crippen molar-refractivity contribution in [1.82, 2.24) is 0 Å². The number of nitrogen functional groups attached to an aromatic ring is 1. The second-order valence-electron chi connectivity index (χ2n) is 9.07. The van der Waals surface area contributed by atoms with E-state index in [1.54, 1.807) is 0 Å². The van der Waals surface area contributed by atoms with Gasteiger partial charge in [-0.1, -0.05) is 18.2 Å². The molecule has 0 aliphatic heterocycles. The zero-order valence-corrected chi connectivity index (χ0v) is 23.2. The maximum absolute atomic E-state index is 12.2. The number of rotatable bonds is 7. The zero-order valence-electron chi connectivity index (χ0n) is 21.5. The van der Waals surface area contributed by atoms with Gasteiger partial charge in [0.25, 0.3) is 20.2 Å². The van der Waals surface area contributed by atoms with Crippen molar-refractivity contribution in [2.24, 2.45) is 20.5 Å². The third-order valence-corrected chi connectivity index (χ3v) is 7.94. The predicted octanol–water partition coefficient (Wildman–Crippen LogP) is 6.30. The molecule has 0 spiro atoms. The summed E-state index contributed by atoms with van der Waals surface area (Å²) in [7, 11) is -9.57. The Balaban J connectivity index is 1.68. The maximum atomic E-state index is 12.2. The molecular weight excluding hydrogens is 602 g/mol. The third kappa shape index (κ3) is 6.02. The molecule has 14 nitrogen and oxygen atoms in total. The van der Waals surface area contributed by atoms with Gasteiger partial charge < -0.3 is 15.9 Å². The summed E-state index contributed by atoms with van der Waals surface area (Å²) >= 11 is 0. The van der Waals surface area contributed by atoms with Gasteiger partial charge in [0.1, 0.15) is 10.6 Å². The summed E-state index contributed by atoms with van der Waals surface area (Å²) in [6.07, 6.45) is 0. The Morgan fingerprint density at radius 1 is 0.698 bits per heavy atom. The molecule has 0 aromatic heterocycles. The summed E-state index contributed by atoms with van der Waals surface area (Å²) in [5.41, 5.74) is 5.80. The van der Waals surface area contributed by atoms with Crippen molar-refractivity contribution in [1.29, 1.82) is 0 Å². The van der Waals surface area contributed by atoms with Gasteiger partial charge in [0, 0.05) is 21.8 Å². The van der Waals surface area contributed by atoms with E-state index in [2.05, 4.69) is 20.5 Å². The van der Waals surface area contributed by atoms with Gasteiger partial charge in [-0.25, -0.2) is 4.79 Å². The summed E-state index contributed by atoms with van der Waals surface area (Å²) < 4.78 is 67.5. The van der Waals surface area contributed by atoms with E-state index in [1.807, 2.05) is 0 Å². The Bertz CT molecular complexity index is 2250. The summed E-state index contributed by atoms with van der Waals surface area (Å²) in [5, 5.41) is 36.9. The molecule has 0 unspecified atom stereocenters. The lowest BCUT2D eigenvalue weighted by molar-refractivity contribution is 0.0696. The maximum Gasteiger partial charge on any atom is 0.335 e. The fourth-order valence-corrected chi connectivity index (χ4v) is 5.36. The van der Waals surface area contributed by atoms with E-state index in [0.717, 1.165) is 18.2 Å². The van der Waals surface area contributed by atoms with E-state index >= 15 is 0 Å². The number of phenols is 1. The van der Waals surface area contributed by atoms with Crippen LogP contribution in [0.15, 0.2) is 109 Å². The number of aromatic hydroxyl groups is 1. The van der Waals surface area contributed by atoms with Gasteiger partial charge in [0.05, 0.1) is 27.5 Å². The van der Waals surface area contributed by atoms with Crippen LogP contribution < -0.4 is 5.73 Å². The molecule has 0 heterocycles. The monoisotopic (exact) mass is 621 g/mol. The molecule has 0 amide bonds. The van der Waals surface area contributed by atoms with E-state index in [9.17, 15) is 40.9 Å². The lowest BCUT2D eigenvalue weighted by atomic mass is 10.1. The highest BCUT2D eigenvalue weighted by molar-refractivity contribution is 7.86.